The number of likely N-dealkylation sites (tertiary alicyclic amines) is 1. The largest absolute Gasteiger partial charge is 0.450 e. The number of carbonyl (C=O) groups excluding carboxylic acids is 1. The van der Waals surface area contributed by atoms with Gasteiger partial charge in [0, 0.05) is 37.8 Å². The molecular formula is C23H30IN5O4. The highest BCUT2D eigenvalue weighted by Gasteiger charge is 2.24. The predicted molar refractivity (Wildman–Crippen MR) is 138 cm³/mol. The lowest BCUT2D eigenvalue weighted by Gasteiger charge is -2.32. The summed E-state index contributed by atoms with van der Waals surface area (Å²) >= 11 is 0. The number of rotatable bonds is 7. The zero-order valence-corrected chi connectivity index (χ0v) is 20.9. The van der Waals surface area contributed by atoms with E-state index in [1.807, 2.05) is 30.3 Å². The van der Waals surface area contributed by atoms with E-state index < -0.39 is 4.92 Å². The van der Waals surface area contributed by atoms with Crippen molar-refractivity contribution in [3.05, 3.63) is 75.8 Å². The molecule has 2 N–H and O–H groups in total. The maximum Gasteiger partial charge on any atom is 0.409 e. The fraction of sp³-hybridized carbons (Fsp3) is 0.391. The van der Waals surface area contributed by atoms with E-state index in [0.717, 1.165) is 24.0 Å². The highest BCUT2D eigenvalue weighted by molar-refractivity contribution is 14.0. The van der Waals surface area contributed by atoms with E-state index in [4.69, 9.17) is 9.73 Å². The summed E-state index contributed by atoms with van der Waals surface area (Å²) in [5.74, 6) is 0.668. The van der Waals surface area contributed by atoms with Crippen LogP contribution in [0.2, 0.25) is 0 Å². The zero-order valence-electron chi connectivity index (χ0n) is 18.6. The van der Waals surface area contributed by atoms with Crippen molar-refractivity contribution in [2.45, 2.75) is 38.9 Å². The number of nitro groups is 1. The second-order valence-corrected chi connectivity index (χ2v) is 7.53. The molecule has 0 radical (unpaired) electrons. The average molecular weight is 567 g/mol. The number of hydrogen-bond acceptors (Lipinski definition) is 5. The number of carbonyl (C=O) groups is 1. The van der Waals surface area contributed by atoms with Crippen LogP contribution in [0.25, 0.3) is 0 Å². The number of non-ortho nitro benzene ring substituents is 1. The Morgan fingerprint density at radius 1 is 1.12 bits per heavy atom. The number of nitrogens with zero attached hydrogens (tertiary/aromatic N) is 3. The van der Waals surface area contributed by atoms with Gasteiger partial charge in [0.1, 0.15) is 0 Å². The van der Waals surface area contributed by atoms with Gasteiger partial charge in [0.05, 0.1) is 18.1 Å². The quantitative estimate of drug-likeness (QED) is 0.172. The van der Waals surface area contributed by atoms with E-state index in [9.17, 15) is 14.9 Å². The Morgan fingerprint density at radius 2 is 1.79 bits per heavy atom. The van der Waals surface area contributed by atoms with Gasteiger partial charge in [-0.1, -0.05) is 42.5 Å². The molecule has 3 rings (SSSR count). The molecule has 0 saturated carbocycles. The molecule has 9 nitrogen and oxygen atoms in total. The van der Waals surface area contributed by atoms with Crippen molar-refractivity contribution in [3.63, 3.8) is 0 Å². The molecule has 0 unspecified atom stereocenters. The Balaban J connectivity index is 0.00000385. The van der Waals surface area contributed by atoms with Crippen molar-refractivity contribution in [2.75, 3.05) is 19.7 Å². The van der Waals surface area contributed by atoms with Gasteiger partial charge < -0.3 is 20.3 Å². The molecule has 33 heavy (non-hydrogen) atoms. The number of guanidine groups is 1. The predicted octanol–water partition coefficient (Wildman–Crippen LogP) is 4.07. The Kier molecular flexibility index (Phi) is 10.9. The van der Waals surface area contributed by atoms with E-state index in [1.54, 1.807) is 24.0 Å². The summed E-state index contributed by atoms with van der Waals surface area (Å²) in [6.45, 7) is 4.45. The molecule has 1 fully saturated rings. The van der Waals surface area contributed by atoms with Gasteiger partial charge in [-0.05, 0) is 30.9 Å². The second-order valence-electron chi connectivity index (χ2n) is 7.53. The van der Waals surface area contributed by atoms with Crippen LogP contribution in [-0.4, -0.2) is 47.6 Å². The second kappa shape index (κ2) is 13.6. The number of hydrogen-bond donors (Lipinski definition) is 2. The molecule has 2 aromatic rings. The highest BCUT2D eigenvalue weighted by Crippen LogP contribution is 2.13. The van der Waals surface area contributed by atoms with Crippen LogP contribution in [0.15, 0.2) is 59.6 Å². The summed E-state index contributed by atoms with van der Waals surface area (Å²) < 4.78 is 5.08. The first-order valence-electron chi connectivity index (χ1n) is 10.8. The first-order valence-corrected chi connectivity index (χ1v) is 10.8. The van der Waals surface area contributed by atoms with E-state index in [0.29, 0.717) is 38.7 Å². The number of piperidine rings is 1. The minimum atomic E-state index is -0.409. The number of nitro benzene ring substituents is 1. The Labute approximate surface area is 210 Å². The number of benzene rings is 2. The summed E-state index contributed by atoms with van der Waals surface area (Å²) in [5.41, 5.74) is 2.08. The summed E-state index contributed by atoms with van der Waals surface area (Å²) in [4.78, 5) is 28.8. The first kappa shape index (κ1) is 26.4. The van der Waals surface area contributed by atoms with Crippen LogP contribution in [-0.2, 0) is 17.8 Å². The minimum Gasteiger partial charge on any atom is -0.450 e. The normalized spacial score (nSPS) is 14.2. The fourth-order valence-electron chi connectivity index (χ4n) is 3.44. The van der Waals surface area contributed by atoms with E-state index in [1.165, 1.54) is 12.1 Å². The molecule has 1 amide bonds. The van der Waals surface area contributed by atoms with Crippen molar-refractivity contribution >= 4 is 41.7 Å². The molecule has 1 aliphatic rings. The zero-order chi connectivity index (χ0) is 22.8. The SMILES string of the molecule is CCOC(=O)N1CCC(NC(=NCc2ccccc2)NCc2ccc([N+](=O)[O-])cc2)CC1.I. The molecule has 1 aliphatic heterocycles. The van der Waals surface area contributed by atoms with Gasteiger partial charge in [0.15, 0.2) is 5.96 Å². The first-order chi connectivity index (χ1) is 15.5. The van der Waals surface area contributed by atoms with Crippen LogP contribution in [0.5, 0.6) is 0 Å². The fourth-order valence-corrected chi connectivity index (χ4v) is 3.44. The maximum atomic E-state index is 11.9. The summed E-state index contributed by atoms with van der Waals surface area (Å²) in [6.07, 6.45) is 1.32. The van der Waals surface area contributed by atoms with Gasteiger partial charge in [-0.3, -0.25) is 10.1 Å². The van der Waals surface area contributed by atoms with Crippen LogP contribution >= 0.6 is 24.0 Å². The lowest BCUT2D eigenvalue weighted by atomic mass is 10.1. The van der Waals surface area contributed by atoms with Crippen LogP contribution < -0.4 is 10.6 Å². The Hall–Kier alpha value is -2.89. The summed E-state index contributed by atoms with van der Waals surface area (Å²) in [6, 6.07) is 16.6. The number of aliphatic imine (C=N–C) groups is 1. The smallest absolute Gasteiger partial charge is 0.409 e. The molecule has 10 heteroatoms. The van der Waals surface area contributed by atoms with Crippen molar-refractivity contribution in [1.29, 1.82) is 0 Å². The van der Waals surface area contributed by atoms with Crippen LogP contribution in [0.3, 0.4) is 0 Å². The van der Waals surface area contributed by atoms with Gasteiger partial charge >= 0.3 is 6.09 Å². The molecule has 0 spiro atoms. The molecule has 0 aromatic heterocycles. The molecule has 1 heterocycles. The molecular weight excluding hydrogens is 537 g/mol. The van der Waals surface area contributed by atoms with Gasteiger partial charge in [-0.25, -0.2) is 9.79 Å². The topological polar surface area (TPSA) is 109 Å². The number of nitrogens with one attached hydrogen (secondary N) is 2. The molecule has 2 aromatic carbocycles. The monoisotopic (exact) mass is 567 g/mol. The van der Waals surface area contributed by atoms with Gasteiger partial charge in [-0.15, -0.1) is 24.0 Å². The van der Waals surface area contributed by atoms with Gasteiger partial charge in [0.25, 0.3) is 5.69 Å². The standard InChI is InChI=1S/C23H29N5O4.HI/c1-2-32-23(29)27-14-12-20(13-15-27)26-22(24-16-18-6-4-3-5-7-18)25-17-19-8-10-21(11-9-19)28(30)31;/h3-11,20H,2,12-17H2,1H3,(H2,24,25,26);1H. The third-order valence-corrected chi connectivity index (χ3v) is 5.23. The van der Waals surface area contributed by atoms with E-state index >= 15 is 0 Å². The Morgan fingerprint density at radius 3 is 2.39 bits per heavy atom. The summed E-state index contributed by atoms with van der Waals surface area (Å²) in [7, 11) is 0. The van der Waals surface area contributed by atoms with Crippen LogP contribution in [0, 0.1) is 10.1 Å². The third kappa shape index (κ3) is 8.52. The van der Waals surface area contributed by atoms with Gasteiger partial charge in [-0.2, -0.15) is 0 Å². The average Bonchev–Trinajstić information content (AvgIpc) is 2.82. The maximum absolute atomic E-state index is 11.9. The molecule has 0 bridgehead atoms. The third-order valence-electron chi connectivity index (χ3n) is 5.23. The summed E-state index contributed by atoms with van der Waals surface area (Å²) in [5, 5.41) is 17.6. The molecule has 1 saturated heterocycles. The highest BCUT2D eigenvalue weighted by atomic mass is 127. The number of halogens is 1. The van der Waals surface area contributed by atoms with Crippen LogP contribution in [0.4, 0.5) is 10.5 Å². The van der Waals surface area contributed by atoms with Gasteiger partial charge in [0.2, 0.25) is 0 Å². The lowest BCUT2D eigenvalue weighted by molar-refractivity contribution is -0.384. The molecule has 0 atom stereocenters. The molecule has 178 valence electrons. The number of amides is 1. The van der Waals surface area contributed by atoms with Crippen molar-refractivity contribution in [2.24, 2.45) is 4.99 Å². The Bertz CT molecular complexity index is 916. The van der Waals surface area contributed by atoms with E-state index in [2.05, 4.69) is 10.6 Å². The molecule has 0 aliphatic carbocycles. The minimum absolute atomic E-state index is 0. The lowest BCUT2D eigenvalue weighted by Crippen LogP contribution is -2.49. The van der Waals surface area contributed by atoms with Crippen molar-refractivity contribution in [3.8, 4) is 0 Å². The van der Waals surface area contributed by atoms with E-state index in [-0.39, 0.29) is 41.8 Å². The van der Waals surface area contributed by atoms with Crippen molar-refractivity contribution < 1.29 is 14.5 Å². The van der Waals surface area contributed by atoms with Crippen LogP contribution in [0.1, 0.15) is 30.9 Å². The van der Waals surface area contributed by atoms with Crippen molar-refractivity contribution in [1.82, 2.24) is 15.5 Å². The number of ether oxygens (including phenoxy) is 1.